The van der Waals surface area contributed by atoms with Crippen molar-refractivity contribution in [3.63, 3.8) is 0 Å². The van der Waals surface area contributed by atoms with Crippen LogP contribution in [0.15, 0.2) is 48.8 Å². The second-order valence-electron chi connectivity index (χ2n) is 7.51. The SMILES string of the molecule is O=C(Nc1ccc(OC(F)(F)F)cc1)c1cnc(N2CCC(O)C2)c(-c2cnc(Cl)c(F)c2)c1. The molecule has 1 saturated heterocycles. The summed E-state index contributed by atoms with van der Waals surface area (Å²) in [5.74, 6) is -1.33. The van der Waals surface area contributed by atoms with Crippen molar-refractivity contribution >= 4 is 29.0 Å². The zero-order valence-electron chi connectivity index (χ0n) is 17.3. The van der Waals surface area contributed by atoms with Crippen molar-refractivity contribution in [3.8, 4) is 16.9 Å². The van der Waals surface area contributed by atoms with E-state index in [1.165, 1.54) is 36.7 Å². The molecule has 0 radical (unpaired) electrons. The number of hydrogen-bond donors (Lipinski definition) is 2. The van der Waals surface area contributed by atoms with Gasteiger partial charge in [-0.25, -0.2) is 14.4 Å². The normalized spacial score (nSPS) is 15.9. The van der Waals surface area contributed by atoms with E-state index < -0.39 is 29.9 Å². The number of carbonyl (C=O) groups excluding carboxylic acids is 1. The van der Waals surface area contributed by atoms with Crippen LogP contribution in [0.3, 0.4) is 0 Å². The molecular formula is C22H17ClF4N4O3. The maximum absolute atomic E-state index is 14.1. The maximum atomic E-state index is 14.1. The average Bonchev–Trinajstić information content (AvgIpc) is 3.21. The molecule has 1 amide bonds. The molecule has 178 valence electrons. The number of β-amino-alcohol motifs (C(OH)–C–C–N with tert-alkyl or cyclic N) is 1. The fourth-order valence-electron chi connectivity index (χ4n) is 3.49. The number of benzene rings is 1. The van der Waals surface area contributed by atoms with E-state index in [0.29, 0.717) is 36.5 Å². The molecule has 2 aromatic heterocycles. The van der Waals surface area contributed by atoms with E-state index in [9.17, 15) is 27.5 Å². The first-order valence-corrected chi connectivity index (χ1v) is 10.4. The van der Waals surface area contributed by atoms with Gasteiger partial charge in [0.2, 0.25) is 0 Å². The summed E-state index contributed by atoms with van der Waals surface area (Å²) in [5.41, 5.74) is 1.07. The molecular weight excluding hydrogens is 480 g/mol. The van der Waals surface area contributed by atoms with Gasteiger partial charge in [-0.15, -0.1) is 13.2 Å². The first-order chi connectivity index (χ1) is 16.1. The third-order valence-electron chi connectivity index (χ3n) is 5.04. The molecule has 34 heavy (non-hydrogen) atoms. The van der Waals surface area contributed by atoms with Crippen LogP contribution in [0.1, 0.15) is 16.8 Å². The van der Waals surface area contributed by atoms with Crippen LogP contribution in [0, 0.1) is 5.82 Å². The van der Waals surface area contributed by atoms with Gasteiger partial charge in [0.25, 0.3) is 5.91 Å². The van der Waals surface area contributed by atoms with E-state index in [1.807, 2.05) is 4.90 Å². The monoisotopic (exact) mass is 496 g/mol. The molecule has 12 heteroatoms. The highest BCUT2D eigenvalue weighted by molar-refractivity contribution is 6.29. The summed E-state index contributed by atoms with van der Waals surface area (Å²) in [6.45, 7) is 0.837. The Bertz CT molecular complexity index is 1210. The van der Waals surface area contributed by atoms with Crippen LogP contribution in [0.5, 0.6) is 5.75 Å². The standard InChI is InChI=1S/C22H17ClF4N4O3/c23-19-18(24)8-12(9-28-19)17-7-13(10-29-20(17)31-6-5-15(32)11-31)21(33)30-14-1-3-16(4-2-14)34-22(25,26)27/h1-4,7-10,15,32H,5-6,11H2,(H,30,33). The first-order valence-electron chi connectivity index (χ1n) is 10.0. The van der Waals surface area contributed by atoms with Crippen LogP contribution in [-0.4, -0.2) is 46.5 Å². The van der Waals surface area contributed by atoms with Gasteiger partial charge in [0.1, 0.15) is 11.6 Å². The summed E-state index contributed by atoms with van der Waals surface area (Å²) in [6.07, 6.45) is -2.17. The van der Waals surface area contributed by atoms with Crippen LogP contribution in [0.4, 0.5) is 29.1 Å². The Kier molecular flexibility index (Phi) is 6.58. The highest BCUT2D eigenvalue weighted by atomic mass is 35.5. The number of aliphatic hydroxyl groups is 1. The van der Waals surface area contributed by atoms with Crippen molar-refractivity contribution in [1.29, 1.82) is 0 Å². The Labute approximate surface area is 196 Å². The highest BCUT2D eigenvalue weighted by Gasteiger charge is 2.31. The number of rotatable bonds is 5. The van der Waals surface area contributed by atoms with E-state index in [4.69, 9.17) is 11.6 Å². The van der Waals surface area contributed by atoms with Gasteiger partial charge in [0.15, 0.2) is 11.0 Å². The van der Waals surface area contributed by atoms with E-state index in [0.717, 1.165) is 12.1 Å². The highest BCUT2D eigenvalue weighted by Crippen LogP contribution is 2.33. The zero-order valence-corrected chi connectivity index (χ0v) is 18.1. The number of aromatic nitrogens is 2. The molecule has 7 nitrogen and oxygen atoms in total. The number of pyridine rings is 2. The number of halogens is 5. The molecule has 1 unspecified atom stereocenters. The minimum atomic E-state index is -4.82. The fourth-order valence-corrected chi connectivity index (χ4v) is 3.60. The first kappa shape index (κ1) is 23.7. The molecule has 0 spiro atoms. The molecule has 2 N–H and O–H groups in total. The van der Waals surface area contributed by atoms with Gasteiger partial charge in [0.05, 0.1) is 11.7 Å². The number of carbonyl (C=O) groups is 1. The third kappa shape index (κ3) is 5.54. The van der Waals surface area contributed by atoms with Crippen molar-refractivity contribution in [2.75, 3.05) is 23.3 Å². The zero-order chi connectivity index (χ0) is 24.5. The Hall–Kier alpha value is -3.44. The fraction of sp³-hybridized carbons (Fsp3) is 0.227. The van der Waals surface area contributed by atoms with Crippen LogP contribution >= 0.6 is 11.6 Å². The number of nitrogens with one attached hydrogen (secondary N) is 1. The molecule has 0 bridgehead atoms. The number of hydrogen-bond acceptors (Lipinski definition) is 6. The molecule has 1 aliphatic rings. The van der Waals surface area contributed by atoms with Gasteiger partial charge >= 0.3 is 6.36 Å². The number of nitrogens with zero attached hydrogens (tertiary/aromatic N) is 3. The molecule has 3 aromatic rings. The molecule has 1 aliphatic heterocycles. The Morgan fingerprint density at radius 1 is 1.18 bits per heavy atom. The number of aliphatic hydroxyl groups excluding tert-OH is 1. The summed E-state index contributed by atoms with van der Waals surface area (Å²) in [6, 6.07) is 7.31. The lowest BCUT2D eigenvalue weighted by atomic mass is 10.1. The van der Waals surface area contributed by atoms with Crippen molar-refractivity contribution in [2.45, 2.75) is 18.9 Å². The molecule has 1 aromatic carbocycles. The van der Waals surface area contributed by atoms with E-state index in [-0.39, 0.29) is 16.4 Å². The number of ether oxygens (including phenoxy) is 1. The third-order valence-corrected chi connectivity index (χ3v) is 5.32. The van der Waals surface area contributed by atoms with Gasteiger partial charge in [-0.2, -0.15) is 0 Å². The van der Waals surface area contributed by atoms with Crippen LogP contribution in [0.25, 0.3) is 11.1 Å². The molecule has 0 saturated carbocycles. The second kappa shape index (κ2) is 9.43. The number of anilines is 2. The minimum absolute atomic E-state index is 0.115. The predicted octanol–water partition coefficient (Wildman–Crippen LogP) is 4.66. The summed E-state index contributed by atoms with van der Waals surface area (Å²) >= 11 is 5.69. The van der Waals surface area contributed by atoms with Crippen LogP contribution < -0.4 is 15.0 Å². The van der Waals surface area contributed by atoms with Gasteiger partial charge in [-0.05, 0) is 42.8 Å². The lowest BCUT2D eigenvalue weighted by molar-refractivity contribution is -0.274. The van der Waals surface area contributed by atoms with E-state index in [2.05, 4.69) is 20.0 Å². The average molecular weight is 497 g/mol. The molecule has 3 heterocycles. The van der Waals surface area contributed by atoms with Crippen molar-refractivity contribution in [3.05, 3.63) is 65.3 Å². The maximum Gasteiger partial charge on any atom is 0.573 e. The van der Waals surface area contributed by atoms with Crippen molar-refractivity contribution in [1.82, 2.24) is 9.97 Å². The van der Waals surface area contributed by atoms with Gasteiger partial charge in [-0.1, -0.05) is 11.6 Å². The second-order valence-corrected chi connectivity index (χ2v) is 7.86. The Morgan fingerprint density at radius 2 is 1.91 bits per heavy atom. The van der Waals surface area contributed by atoms with Gasteiger partial charge in [0, 0.05) is 42.3 Å². The van der Waals surface area contributed by atoms with Crippen molar-refractivity contribution < 1.29 is 32.2 Å². The topological polar surface area (TPSA) is 87.6 Å². The molecule has 1 atom stereocenters. The molecule has 4 rings (SSSR count). The lowest BCUT2D eigenvalue weighted by Gasteiger charge is -2.21. The van der Waals surface area contributed by atoms with Gasteiger partial charge in [-0.3, -0.25) is 4.79 Å². The Balaban J connectivity index is 1.62. The summed E-state index contributed by atoms with van der Waals surface area (Å²) in [4.78, 5) is 22.8. The van der Waals surface area contributed by atoms with Crippen LogP contribution in [-0.2, 0) is 0 Å². The predicted molar refractivity (Wildman–Crippen MR) is 116 cm³/mol. The molecule has 1 fully saturated rings. The lowest BCUT2D eigenvalue weighted by Crippen LogP contribution is -2.23. The minimum Gasteiger partial charge on any atom is -0.406 e. The van der Waals surface area contributed by atoms with Gasteiger partial charge < -0.3 is 20.1 Å². The summed E-state index contributed by atoms with van der Waals surface area (Å²) < 4.78 is 54.8. The van der Waals surface area contributed by atoms with E-state index in [1.54, 1.807) is 0 Å². The number of alkyl halides is 3. The number of amides is 1. The molecule has 0 aliphatic carbocycles. The summed E-state index contributed by atoms with van der Waals surface area (Å²) in [5, 5.41) is 12.2. The van der Waals surface area contributed by atoms with E-state index >= 15 is 0 Å². The van der Waals surface area contributed by atoms with Crippen molar-refractivity contribution in [2.24, 2.45) is 0 Å². The summed E-state index contributed by atoms with van der Waals surface area (Å²) in [7, 11) is 0. The smallest absolute Gasteiger partial charge is 0.406 e. The van der Waals surface area contributed by atoms with Crippen LogP contribution in [0.2, 0.25) is 5.15 Å². The largest absolute Gasteiger partial charge is 0.573 e. The quantitative estimate of drug-likeness (QED) is 0.395. The Morgan fingerprint density at radius 3 is 2.53 bits per heavy atom.